The summed E-state index contributed by atoms with van der Waals surface area (Å²) in [6.07, 6.45) is 2.37. The third kappa shape index (κ3) is 7.08. The van der Waals surface area contributed by atoms with Crippen LogP contribution < -0.4 is 20.7 Å². The van der Waals surface area contributed by atoms with Crippen LogP contribution in [0.15, 0.2) is 170 Å². The summed E-state index contributed by atoms with van der Waals surface area (Å²) in [7, 11) is -5.31. The van der Waals surface area contributed by atoms with Gasteiger partial charge in [0.15, 0.2) is 0 Å². The molecule has 0 radical (unpaired) electrons. The molecule has 0 amide bonds. The van der Waals surface area contributed by atoms with E-state index in [2.05, 4.69) is 121 Å². The molecule has 0 atom stereocenters. The minimum atomic E-state index is -2.80. The molecule has 3 nitrogen and oxygen atoms in total. The zero-order valence-electron chi connectivity index (χ0n) is 26.0. The summed E-state index contributed by atoms with van der Waals surface area (Å²) < 4.78 is 7.74. The molecular formula is C41H40O3Si2. The molecule has 0 unspecified atom stereocenters. The van der Waals surface area contributed by atoms with Gasteiger partial charge in [0.25, 0.3) is 8.32 Å². The Morgan fingerprint density at radius 1 is 0.391 bits per heavy atom. The van der Waals surface area contributed by atoms with E-state index in [1.807, 2.05) is 24.3 Å². The predicted octanol–water partition coefficient (Wildman–Crippen LogP) is 6.46. The van der Waals surface area contributed by atoms with E-state index in [-0.39, 0.29) is 11.5 Å². The van der Waals surface area contributed by atoms with Crippen molar-refractivity contribution in [3.8, 4) is 11.5 Å². The van der Waals surface area contributed by atoms with Crippen molar-refractivity contribution in [2.24, 2.45) is 0 Å². The second-order valence-electron chi connectivity index (χ2n) is 12.0. The quantitative estimate of drug-likeness (QED) is 0.143. The van der Waals surface area contributed by atoms with Crippen molar-refractivity contribution in [1.82, 2.24) is 0 Å². The minimum Gasteiger partial charge on any atom is -0.508 e. The maximum Gasteiger partial charge on any atom is 0.255 e. The molecule has 6 rings (SSSR count). The Kier molecular flexibility index (Phi) is 9.94. The highest BCUT2D eigenvalue weighted by molar-refractivity contribution is 7.04. The molecule has 0 aromatic heterocycles. The summed E-state index contributed by atoms with van der Waals surface area (Å²) in [5, 5.41) is 25.2. The SMILES string of the molecule is Oc1ccc(CC[Si](CO[Si](CCc2ccc(O)cc2)(c2ccccc2)c2ccccc2)(c2ccccc2)c2ccccc2)cc1. The number of aryl methyl sites for hydroxylation is 2. The van der Waals surface area contributed by atoms with Gasteiger partial charge in [-0.2, -0.15) is 0 Å². The number of phenolic OH excluding ortho intramolecular Hbond substituents is 2. The van der Waals surface area contributed by atoms with E-state index in [1.54, 1.807) is 24.3 Å². The molecular weight excluding hydrogens is 597 g/mol. The standard InChI is InChI=1S/C41H40O3Si2/c42-36-25-21-34(22-26-36)29-31-45(38-13-5-1-6-14-38,39-15-7-2-8-16-39)33-44-46(40-17-9-3-10-18-40,41-19-11-4-12-20-41)32-30-35-23-27-37(43)28-24-35/h1-28,42-43H,29-33H2. The van der Waals surface area contributed by atoms with E-state index in [0.717, 1.165) is 24.9 Å². The Balaban J connectivity index is 1.47. The van der Waals surface area contributed by atoms with Crippen LogP contribution in [-0.4, -0.2) is 32.8 Å². The summed E-state index contributed by atoms with van der Waals surface area (Å²) >= 11 is 0. The molecule has 0 saturated carbocycles. The number of aromatic hydroxyl groups is 2. The summed E-state index contributed by atoms with van der Waals surface area (Å²) in [5.74, 6) is 0.571. The van der Waals surface area contributed by atoms with Crippen LogP contribution >= 0.6 is 0 Å². The van der Waals surface area contributed by atoms with Gasteiger partial charge in [0.2, 0.25) is 0 Å². The summed E-state index contributed by atoms with van der Waals surface area (Å²) in [6.45, 7) is 0. The summed E-state index contributed by atoms with van der Waals surface area (Å²) in [6, 6.07) is 60.8. The van der Waals surface area contributed by atoms with Gasteiger partial charge in [-0.25, -0.2) is 0 Å². The Morgan fingerprint density at radius 3 is 1.13 bits per heavy atom. The van der Waals surface area contributed by atoms with Gasteiger partial charge in [0, 0.05) is 6.23 Å². The molecule has 0 aliphatic carbocycles. The first-order chi connectivity index (χ1) is 22.6. The first-order valence-corrected chi connectivity index (χ1v) is 20.5. The van der Waals surface area contributed by atoms with Crippen LogP contribution in [0.3, 0.4) is 0 Å². The highest BCUT2D eigenvalue weighted by Gasteiger charge is 2.44. The third-order valence-corrected chi connectivity index (χ3v) is 18.2. The van der Waals surface area contributed by atoms with Crippen molar-refractivity contribution >= 4 is 37.1 Å². The van der Waals surface area contributed by atoms with Crippen LogP contribution in [0.4, 0.5) is 0 Å². The molecule has 6 aromatic rings. The van der Waals surface area contributed by atoms with Gasteiger partial charge in [-0.1, -0.05) is 156 Å². The Labute approximate surface area is 274 Å². The topological polar surface area (TPSA) is 49.7 Å². The number of benzene rings is 6. The minimum absolute atomic E-state index is 0.282. The summed E-state index contributed by atoms with van der Waals surface area (Å²) in [4.78, 5) is 0. The molecule has 0 spiro atoms. The highest BCUT2D eigenvalue weighted by Crippen LogP contribution is 2.24. The van der Waals surface area contributed by atoms with Gasteiger partial charge >= 0.3 is 0 Å². The molecule has 0 bridgehead atoms. The van der Waals surface area contributed by atoms with Gasteiger partial charge in [0.1, 0.15) is 19.6 Å². The van der Waals surface area contributed by atoms with E-state index in [0.29, 0.717) is 6.23 Å². The van der Waals surface area contributed by atoms with E-state index >= 15 is 0 Å². The van der Waals surface area contributed by atoms with Crippen LogP contribution in [0, 0.1) is 0 Å². The van der Waals surface area contributed by atoms with Crippen LogP contribution in [0.2, 0.25) is 12.1 Å². The Bertz CT molecular complexity index is 1560. The molecule has 46 heavy (non-hydrogen) atoms. The largest absolute Gasteiger partial charge is 0.508 e. The fourth-order valence-electron chi connectivity index (χ4n) is 6.57. The van der Waals surface area contributed by atoms with Crippen molar-refractivity contribution in [3.05, 3.63) is 181 Å². The highest BCUT2D eigenvalue weighted by atomic mass is 28.4. The second kappa shape index (κ2) is 14.6. The van der Waals surface area contributed by atoms with Gasteiger partial charge in [-0.15, -0.1) is 0 Å². The molecule has 2 N–H and O–H groups in total. The van der Waals surface area contributed by atoms with Gasteiger partial charge < -0.3 is 14.6 Å². The first kappa shape index (κ1) is 31.3. The second-order valence-corrected chi connectivity index (χ2v) is 19.7. The van der Waals surface area contributed by atoms with Gasteiger partial charge in [-0.05, 0) is 70.7 Å². The normalized spacial score (nSPS) is 11.7. The molecule has 0 saturated heterocycles. The monoisotopic (exact) mass is 636 g/mol. The molecule has 0 aliphatic heterocycles. The van der Waals surface area contributed by atoms with Crippen molar-refractivity contribution in [1.29, 1.82) is 0 Å². The lowest BCUT2D eigenvalue weighted by Gasteiger charge is -2.39. The van der Waals surface area contributed by atoms with Crippen molar-refractivity contribution in [3.63, 3.8) is 0 Å². The zero-order chi connectivity index (χ0) is 31.7. The van der Waals surface area contributed by atoms with Crippen LogP contribution in [0.25, 0.3) is 0 Å². The molecule has 6 aromatic carbocycles. The predicted molar refractivity (Wildman–Crippen MR) is 195 cm³/mol. The average molecular weight is 637 g/mol. The van der Waals surface area contributed by atoms with Crippen molar-refractivity contribution in [2.75, 3.05) is 6.23 Å². The van der Waals surface area contributed by atoms with Crippen LogP contribution in [0.1, 0.15) is 11.1 Å². The number of rotatable bonds is 13. The fraction of sp³-hybridized carbons (Fsp3) is 0.122. The van der Waals surface area contributed by atoms with Gasteiger partial charge in [0.05, 0.1) is 0 Å². The maximum absolute atomic E-state index is 9.96. The van der Waals surface area contributed by atoms with E-state index in [9.17, 15) is 10.2 Å². The van der Waals surface area contributed by atoms with E-state index in [4.69, 9.17) is 4.43 Å². The lowest BCUT2D eigenvalue weighted by atomic mass is 10.2. The lowest BCUT2D eigenvalue weighted by molar-refractivity contribution is 0.378. The van der Waals surface area contributed by atoms with Crippen LogP contribution in [-0.2, 0) is 17.3 Å². The van der Waals surface area contributed by atoms with Crippen LogP contribution in [0.5, 0.6) is 11.5 Å². The molecule has 0 aliphatic rings. The Hall–Kier alpha value is -4.69. The zero-order valence-corrected chi connectivity index (χ0v) is 28.0. The molecule has 0 heterocycles. The van der Waals surface area contributed by atoms with E-state index in [1.165, 1.54) is 31.9 Å². The Morgan fingerprint density at radius 2 is 0.739 bits per heavy atom. The fourth-order valence-corrected chi connectivity index (χ4v) is 15.8. The van der Waals surface area contributed by atoms with Gasteiger partial charge in [-0.3, -0.25) is 0 Å². The summed E-state index contributed by atoms with van der Waals surface area (Å²) in [5.41, 5.74) is 2.40. The molecule has 230 valence electrons. The van der Waals surface area contributed by atoms with Crippen molar-refractivity contribution in [2.45, 2.75) is 24.9 Å². The molecule has 0 fully saturated rings. The third-order valence-electron chi connectivity index (χ3n) is 9.18. The number of phenols is 2. The van der Waals surface area contributed by atoms with Crippen molar-refractivity contribution < 1.29 is 14.6 Å². The number of hydrogen-bond acceptors (Lipinski definition) is 3. The number of hydrogen-bond donors (Lipinski definition) is 2. The first-order valence-electron chi connectivity index (χ1n) is 16.0. The van der Waals surface area contributed by atoms with E-state index < -0.39 is 16.4 Å². The smallest absolute Gasteiger partial charge is 0.255 e. The molecule has 5 heteroatoms. The maximum atomic E-state index is 9.96. The lowest BCUT2D eigenvalue weighted by Crippen LogP contribution is -2.68. The average Bonchev–Trinajstić information content (AvgIpc) is 3.13.